The highest BCUT2D eigenvalue weighted by Crippen LogP contribution is 2.33. The van der Waals surface area contributed by atoms with Crippen molar-refractivity contribution in [1.29, 1.82) is 0 Å². The summed E-state index contributed by atoms with van der Waals surface area (Å²) in [6.07, 6.45) is 3.15. The van der Waals surface area contributed by atoms with E-state index in [1.54, 1.807) is 18.2 Å². The number of rotatable bonds is 4. The van der Waals surface area contributed by atoms with Gasteiger partial charge in [-0.1, -0.05) is 6.08 Å². The number of halogens is 1. The van der Waals surface area contributed by atoms with Gasteiger partial charge in [0.1, 0.15) is 18.2 Å². The Morgan fingerprint density at radius 3 is 2.79 bits per heavy atom. The Bertz CT molecular complexity index is 1260. The van der Waals surface area contributed by atoms with Gasteiger partial charge in [0.2, 0.25) is 0 Å². The summed E-state index contributed by atoms with van der Waals surface area (Å²) in [5.41, 5.74) is 1.39. The van der Waals surface area contributed by atoms with Gasteiger partial charge in [-0.3, -0.25) is 4.79 Å². The molecule has 0 atom stereocenters. The molecule has 8 heteroatoms. The molecule has 3 aromatic rings. The molecule has 0 radical (unpaired) electrons. The van der Waals surface area contributed by atoms with E-state index < -0.39 is 28.2 Å². The largest absolute Gasteiger partial charge is 0.489 e. The molecule has 0 aliphatic carbocycles. The van der Waals surface area contributed by atoms with E-state index in [1.807, 2.05) is 0 Å². The van der Waals surface area contributed by atoms with E-state index in [9.17, 15) is 22.7 Å². The van der Waals surface area contributed by atoms with Crippen LogP contribution in [-0.4, -0.2) is 30.1 Å². The number of carbonyl (C=O) groups is 1. The van der Waals surface area contributed by atoms with E-state index in [-0.39, 0.29) is 27.1 Å². The number of carboxylic acids is 1. The Balaban J connectivity index is 1.97. The molecule has 6 nitrogen and oxygen atoms in total. The summed E-state index contributed by atoms with van der Waals surface area (Å²) in [6.45, 7) is 1.94. The molecule has 2 heterocycles. The molecule has 4 rings (SSSR count). The van der Waals surface area contributed by atoms with Crippen LogP contribution in [0.4, 0.5) is 4.39 Å². The molecule has 1 aliphatic heterocycles. The van der Waals surface area contributed by atoms with E-state index in [1.165, 1.54) is 25.1 Å². The normalized spacial score (nSPS) is 13.4. The van der Waals surface area contributed by atoms with E-state index >= 15 is 0 Å². The summed E-state index contributed by atoms with van der Waals surface area (Å²) in [6, 6.07) is 8.20. The molecule has 0 fully saturated rings. The second-order valence-electron chi connectivity index (χ2n) is 6.48. The van der Waals surface area contributed by atoms with Crippen molar-refractivity contribution in [2.24, 2.45) is 0 Å². The summed E-state index contributed by atoms with van der Waals surface area (Å²) >= 11 is 0. The van der Waals surface area contributed by atoms with Crippen molar-refractivity contribution in [2.45, 2.75) is 18.2 Å². The SMILES string of the molecule is Cc1c(CC(=O)O)c2cc(F)ccc2n1S(=O)(=O)c1ccc2c(c1)C=CCO2. The fourth-order valence-corrected chi connectivity index (χ4v) is 5.09. The number of carboxylic acid groups (broad SMARTS) is 1. The van der Waals surface area contributed by atoms with E-state index in [0.717, 1.165) is 16.1 Å². The maximum atomic E-state index is 13.8. The summed E-state index contributed by atoms with van der Waals surface area (Å²) < 4.78 is 47.1. The summed E-state index contributed by atoms with van der Waals surface area (Å²) in [4.78, 5) is 11.3. The highest BCUT2D eigenvalue weighted by molar-refractivity contribution is 7.90. The molecule has 1 aromatic heterocycles. The van der Waals surface area contributed by atoms with Crippen LogP contribution >= 0.6 is 0 Å². The van der Waals surface area contributed by atoms with Crippen molar-refractivity contribution in [3.63, 3.8) is 0 Å². The predicted molar refractivity (Wildman–Crippen MR) is 102 cm³/mol. The Kier molecular flexibility index (Phi) is 4.23. The van der Waals surface area contributed by atoms with Crippen LogP contribution < -0.4 is 4.74 Å². The number of fused-ring (bicyclic) bond motifs is 2. The van der Waals surface area contributed by atoms with Gasteiger partial charge in [0.15, 0.2) is 0 Å². The van der Waals surface area contributed by atoms with Gasteiger partial charge < -0.3 is 9.84 Å². The number of benzene rings is 2. The third-order valence-electron chi connectivity index (χ3n) is 4.72. The first kappa shape index (κ1) is 18.2. The maximum absolute atomic E-state index is 13.8. The minimum atomic E-state index is -4.05. The van der Waals surface area contributed by atoms with Gasteiger partial charge in [0.05, 0.1) is 16.8 Å². The highest BCUT2D eigenvalue weighted by atomic mass is 32.2. The topological polar surface area (TPSA) is 85.6 Å². The molecule has 0 bridgehead atoms. The third-order valence-corrected chi connectivity index (χ3v) is 6.52. The van der Waals surface area contributed by atoms with Crippen molar-refractivity contribution in [3.8, 4) is 5.75 Å². The number of ether oxygens (including phenoxy) is 1. The lowest BCUT2D eigenvalue weighted by Gasteiger charge is -2.15. The van der Waals surface area contributed by atoms with Crippen molar-refractivity contribution in [2.75, 3.05) is 6.61 Å². The zero-order valence-corrected chi connectivity index (χ0v) is 15.7. The summed E-state index contributed by atoms with van der Waals surface area (Å²) in [5, 5.41) is 9.48. The van der Waals surface area contributed by atoms with E-state index in [0.29, 0.717) is 17.9 Å². The van der Waals surface area contributed by atoms with Gasteiger partial charge >= 0.3 is 5.97 Å². The highest BCUT2D eigenvalue weighted by Gasteiger charge is 2.27. The van der Waals surface area contributed by atoms with Gasteiger partial charge in [-0.2, -0.15) is 0 Å². The number of hydrogen-bond acceptors (Lipinski definition) is 4. The van der Waals surface area contributed by atoms with Crippen LogP contribution in [0.25, 0.3) is 17.0 Å². The van der Waals surface area contributed by atoms with Crippen LogP contribution in [0.2, 0.25) is 0 Å². The molecular formula is C20H16FNO5S. The molecular weight excluding hydrogens is 385 g/mol. The minimum Gasteiger partial charge on any atom is -0.489 e. The van der Waals surface area contributed by atoms with Crippen LogP contribution in [0, 0.1) is 12.7 Å². The Hall–Kier alpha value is -3.13. The number of hydrogen-bond donors (Lipinski definition) is 1. The second-order valence-corrected chi connectivity index (χ2v) is 8.27. The standard InChI is InChI=1S/C20H16FNO5S/c1-12-16(11-20(23)24)17-10-14(21)4-6-18(17)22(12)28(25,26)15-5-7-19-13(9-15)3-2-8-27-19/h2-7,9-10H,8,11H2,1H3,(H,23,24). The molecule has 144 valence electrons. The van der Waals surface area contributed by atoms with Crippen molar-refractivity contribution >= 4 is 33.0 Å². The van der Waals surface area contributed by atoms with Crippen molar-refractivity contribution in [1.82, 2.24) is 3.97 Å². The van der Waals surface area contributed by atoms with Crippen molar-refractivity contribution in [3.05, 3.63) is 65.1 Å². The summed E-state index contributed by atoms with van der Waals surface area (Å²) in [5.74, 6) is -1.10. The molecule has 2 aromatic carbocycles. The van der Waals surface area contributed by atoms with Gasteiger partial charge in [-0.25, -0.2) is 16.8 Å². The van der Waals surface area contributed by atoms with Crippen LogP contribution in [0.5, 0.6) is 5.75 Å². The fourth-order valence-electron chi connectivity index (χ4n) is 3.48. The predicted octanol–water partition coefficient (Wildman–Crippen LogP) is 3.36. The zero-order chi connectivity index (χ0) is 20.1. The van der Waals surface area contributed by atoms with Crippen LogP contribution in [0.3, 0.4) is 0 Å². The van der Waals surface area contributed by atoms with Crippen LogP contribution in [0.15, 0.2) is 47.4 Å². The Morgan fingerprint density at radius 2 is 2.04 bits per heavy atom. The average Bonchev–Trinajstić information content (AvgIpc) is 2.92. The lowest BCUT2D eigenvalue weighted by Crippen LogP contribution is -2.15. The smallest absolute Gasteiger partial charge is 0.307 e. The van der Waals surface area contributed by atoms with Crippen molar-refractivity contribution < 1.29 is 27.4 Å². The van der Waals surface area contributed by atoms with Crippen LogP contribution in [-0.2, 0) is 21.2 Å². The molecule has 0 spiro atoms. The summed E-state index contributed by atoms with van der Waals surface area (Å²) in [7, 11) is -4.05. The number of aromatic nitrogens is 1. The molecule has 0 saturated carbocycles. The van der Waals surface area contributed by atoms with Gasteiger partial charge in [0, 0.05) is 16.6 Å². The molecule has 1 aliphatic rings. The van der Waals surface area contributed by atoms with E-state index in [2.05, 4.69) is 0 Å². The first-order valence-electron chi connectivity index (χ1n) is 8.49. The maximum Gasteiger partial charge on any atom is 0.307 e. The lowest BCUT2D eigenvalue weighted by atomic mass is 10.1. The number of aliphatic carboxylic acids is 1. The van der Waals surface area contributed by atoms with Crippen LogP contribution in [0.1, 0.15) is 16.8 Å². The second kappa shape index (κ2) is 6.49. The minimum absolute atomic E-state index is 0.0348. The molecule has 0 saturated heterocycles. The monoisotopic (exact) mass is 401 g/mol. The third kappa shape index (κ3) is 2.86. The average molecular weight is 401 g/mol. The van der Waals surface area contributed by atoms with Gasteiger partial charge in [0.25, 0.3) is 10.0 Å². The molecule has 0 unspecified atom stereocenters. The molecule has 28 heavy (non-hydrogen) atoms. The lowest BCUT2D eigenvalue weighted by molar-refractivity contribution is -0.136. The van der Waals surface area contributed by atoms with Gasteiger partial charge in [-0.15, -0.1) is 0 Å². The Morgan fingerprint density at radius 1 is 1.25 bits per heavy atom. The molecule has 0 amide bonds. The quantitative estimate of drug-likeness (QED) is 0.725. The van der Waals surface area contributed by atoms with Gasteiger partial charge in [-0.05, 0) is 55.0 Å². The number of nitrogens with zero attached hydrogens (tertiary/aromatic N) is 1. The first-order valence-corrected chi connectivity index (χ1v) is 9.93. The van der Waals surface area contributed by atoms with E-state index in [4.69, 9.17) is 4.74 Å². The zero-order valence-electron chi connectivity index (χ0n) is 14.8. The molecule has 1 N–H and O–H groups in total. The Labute approximate surface area is 160 Å². The fraction of sp³-hybridized carbons (Fsp3) is 0.150. The first-order chi connectivity index (χ1) is 13.3.